The van der Waals surface area contributed by atoms with Gasteiger partial charge in [-0.25, -0.2) is 4.79 Å². The van der Waals surface area contributed by atoms with Gasteiger partial charge in [0.15, 0.2) is 5.69 Å². The van der Waals surface area contributed by atoms with Crippen LogP contribution in [0.2, 0.25) is 0 Å². The summed E-state index contributed by atoms with van der Waals surface area (Å²) in [7, 11) is 0. The van der Waals surface area contributed by atoms with Gasteiger partial charge in [-0.15, -0.1) is 5.10 Å². The number of rotatable bonds is 5. The van der Waals surface area contributed by atoms with Crippen LogP contribution >= 0.6 is 38.5 Å². The van der Waals surface area contributed by atoms with Crippen molar-refractivity contribution in [1.29, 1.82) is 0 Å². The third-order valence-corrected chi connectivity index (χ3v) is 3.89. The molecule has 1 N–H and O–H groups in total. The lowest BCUT2D eigenvalue weighted by atomic mass is 10.1. The van der Waals surface area contributed by atoms with Crippen molar-refractivity contribution in [2.75, 3.05) is 6.61 Å². The Balaban J connectivity index is 2.57. The number of H-pyrrole nitrogens is 1. The highest BCUT2D eigenvalue weighted by atomic mass is 127. The highest BCUT2D eigenvalue weighted by molar-refractivity contribution is 14.1. The number of benzene rings is 1. The summed E-state index contributed by atoms with van der Waals surface area (Å²) in [6, 6.07) is 3.78. The maximum Gasteiger partial charge on any atom is 0.361 e. The van der Waals surface area contributed by atoms with E-state index in [1.165, 1.54) is 0 Å². The summed E-state index contributed by atoms with van der Waals surface area (Å²) in [4.78, 5) is 12.0. The van der Waals surface area contributed by atoms with Gasteiger partial charge < -0.3 is 9.47 Å². The fourth-order valence-corrected chi connectivity index (χ4v) is 3.49. The van der Waals surface area contributed by atoms with Gasteiger partial charge in [-0.3, -0.25) is 0 Å². The molecule has 0 spiro atoms. The van der Waals surface area contributed by atoms with Crippen LogP contribution in [0.15, 0.2) is 16.6 Å². The molecule has 1 aromatic heterocycles. The van der Waals surface area contributed by atoms with E-state index >= 15 is 0 Å². The van der Waals surface area contributed by atoms with E-state index in [2.05, 4.69) is 53.9 Å². The maximum absolute atomic E-state index is 12.0. The number of aromatic nitrogens is 3. The fourth-order valence-electron chi connectivity index (χ4n) is 1.85. The van der Waals surface area contributed by atoms with E-state index in [0.717, 1.165) is 8.04 Å². The van der Waals surface area contributed by atoms with E-state index in [9.17, 15) is 4.79 Å². The number of carbonyl (C=O) groups is 1. The minimum absolute atomic E-state index is 0.00798. The third kappa shape index (κ3) is 3.78. The molecule has 0 fully saturated rings. The van der Waals surface area contributed by atoms with Crippen LogP contribution in [-0.4, -0.2) is 34.1 Å². The van der Waals surface area contributed by atoms with Crippen LogP contribution in [0.25, 0.3) is 11.3 Å². The Hall–Kier alpha value is -1.16. The van der Waals surface area contributed by atoms with Gasteiger partial charge in [0.05, 0.1) is 16.3 Å². The lowest BCUT2D eigenvalue weighted by Gasteiger charge is -2.16. The van der Waals surface area contributed by atoms with Gasteiger partial charge in [-0.2, -0.15) is 10.3 Å². The molecule has 0 aliphatic carbocycles. The molecule has 2 aromatic rings. The molecule has 1 aromatic carbocycles. The second kappa shape index (κ2) is 7.40. The highest BCUT2D eigenvalue weighted by Crippen LogP contribution is 2.37. The first-order valence-electron chi connectivity index (χ1n) is 6.68. The van der Waals surface area contributed by atoms with Crippen molar-refractivity contribution in [2.24, 2.45) is 0 Å². The second-order valence-corrected chi connectivity index (χ2v) is 6.75. The normalized spacial score (nSPS) is 10.8. The predicted octanol–water partition coefficient (Wildman–Crippen LogP) is 3.80. The zero-order valence-corrected chi connectivity index (χ0v) is 16.1. The standard InChI is InChI=1S/C14H15BrIN3O3/c1-4-21-14(20)12-11(17-19-18-12)9-5-8(15)6-10(16)13(9)22-7(2)3/h5-7H,4H2,1-3H3,(H,17,18,19). The van der Waals surface area contributed by atoms with E-state index in [4.69, 9.17) is 9.47 Å². The molecule has 8 heteroatoms. The van der Waals surface area contributed by atoms with E-state index in [-0.39, 0.29) is 18.4 Å². The summed E-state index contributed by atoms with van der Waals surface area (Å²) in [5.41, 5.74) is 1.24. The van der Waals surface area contributed by atoms with Crippen molar-refractivity contribution in [3.05, 3.63) is 25.9 Å². The molecule has 0 radical (unpaired) electrons. The largest absolute Gasteiger partial charge is 0.489 e. The van der Waals surface area contributed by atoms with E-state index in [1.807, 2.05) is 26.0 Å². The van der Waals surface area contributed by atoms with Crippen LogP contribution in [0.1, 0.15) is 31.3 Å². The smallest absolute Gasteiger partial charge is 0.361 e. The number of hydrogen-bond acceptors (Lipinski definition) is 5. The molecule has 118 valence electrons. The summed E-state index contributed by atoms with van der Waals surface area (Å²) in [5.74, 6) is 0.148. The van der Waals surface area contributed by atoms with E-state index in [1.54, 1.807) is 6.92 Å². The molecule has 2 rings (SSSR count). The fraction of sp³-hybridized carbons (Fsp3) is 0.357. The third-order valence-electron chi connectivity index (χ3n) is 2.63. The number of esters is 1. The molecule has 0 saturated heterocycles. The van der Waals surface area contributed by atoms with Gasteiger partial charge in [0, 0.05) is 10.0 Å². The Morgan fingerprint density at radius 2 is 2.14 bits per heavy atom. The molecular weight excluding hydrogens is 465 g/mol. The number of carbonyl (C=O) groups excluding carboxylic acids is 1. The van der Waals surface area contributed by atoms with Crippen LogP contribution < -0.4 is 4.74 Å². The van der Waals surface area contributed by atoms with Gasteiger partial charge in [-0.05, 0) is 55.5 Å². The first-order valence-corrected chi connectivity index (χ1v) is 8.55. The van der Waals surface area contributed by atoms with Crippen molar-refractivity contribution in [2.45, 2.75) is 26.9 Å². The van der Waals surface area contributed by atoms with Crippen molar-refractivity contribution in [1.82, 2.24) is 15.4 Å². The molecule has 6 nitrogen and oxygen atoms in total. The number of halogens is 2. The maximum atomic E-state index is 12.0. The monoisotopic (exact) mass is 479 g/mol. The molecule has 0 saturated carbocycles. The summed E-state index contributed by atoms with van der Waals surface area (Å²) >= 11 is 5.64. The first kappa shape index (κ1) is 17.2. The molecule has 22 heavy (non-hydrogen) atoms. The summed E-state index contributed by atoms with van der Waals surface area (Å²) in [5, 5.41) is 10.5. The molecule has 0 aliphatic rings. The minimum Gasteiger partial charge on any atom is -0.489 e. The Kier molecular flexibility index (Phi) is 5.79. The SMILES string of the molecule is CCOC(=O)c1n[nH]nc1-c1cc(Br)cc(I)c1OC(C)C. The first-order chi connectivity index (χ1) is 10.4. The van der Waals surface area contributed by atoms with Gasteiger partial charge >= 0.3 is 5.97 Å². The van der Waals surface area contributed by atoms with Gasteiger partial charge in [-0.1, -0.05) is 15.9 Å². The Morgan fingerprint density at radius 1 is 1.41 bits per heavy atom. The second-order valence-electron chi connectivity index (χ2n) is 4.67. The number of nitrogens with one attached hydrogen (secondary N) is 1. The zero-order chi connectivity index (χ0) is 16.3. The van der Waals surface area contributed by atoms with Crippen LogP contribution in [0.4, 0.5) is 0 Å². The van der Waals surface area contributed by atoms with Crippen LogP contribution in [-0.2, 0) is 4.74 Å². The summed E-state index contributed by atoms with van der Waals surface area (Å²) in [6.07, 6.45) is -0.00798. The van der Waals surface area contributed by atoms with Gasteiger partial charge in [0.25, 0.3) is 0 Å². The summed E-state index contributed by atoms with van der Waals surface area (Å²) in [6.45, 7) is 5.90. The highest BCUT2D eigenvalue weighted by Gasteiger charge is 2.24. The average molecular weight is 480 g/mol. The molecule has 0 atom stereocenters. The lowest BCUT2D eigenvalue weighted by Crippen LogP contribution is -2.10. The molecule has 0 unspecified atom stereocenters. The number of ether oxygens (including phenoxy) is 2. The number of hydrogen-bond donors (Lipinski definition) is 1. The van der Waals surface area contributed by atoms with Crippen molar-refractivity contribution < 1.29 is 14.3 Å². The average Bonchev–Trinajstić information content (AvgIpc) is 2.90. The molecule has 0 amide bonds. The van der Waals surface area contributed by atoms with E-state index < -0.39 is 5.97 Å². The molecular formula is C14H15BrIN3O3. The molecule has 0 aliphatic heterocycles. The van der Waals surface area contributed by atoms with Crippen LogP contribution in [0.5, 0.6) is 5.75 Å². The quantitative estimate of drug-likeness (QED) is 0.521. The lowest BCUT2D eigenvalue weighted by molar-refractivity contribution is 0.0520. The van der Waals surface area contributed by atoms with Crippen LogP contribution in [0, 0.1) is 3.57 Å². The Labute approximate surface area is 150 Å². The molecule has 1 heterocycles. The molecule has 0 bridgehead atoms. The van der Waals surface area contributed by atoms with Crippen LogP contribution in [0.3, 0.4) is 0 Å². The zero-order valence-electron chi connectivity index (χ0n) is 12.3. The topological polar surface area (TPSA) is 77.1 Å². The Morgan fingerprint density at radius 3 is 2.77 bits per heavy atom. The Bertz CT molecular complexity index is 688. The van der Waals surface area contributed by atoms with Gasteiger partial charge in [0.2, 0.25) is 0 Å². The summed E-state index contributed by atoms with van der Waals surface area (Å²) < 4.78 is 12.7. The van der Waals surface area contributed by atoms with Crippen molar-refractivity contribution >= 4 is 44.5 Å². The van der Waals surface area contributed by atoms with Crippen molar-refractivity contribution in [3.8, 4) is 17.0 Å². The van der Waals surface area contributed by atoms with Crippen molar-refractivity contribution in [3.63, 3.8) is 0 Å². The van der Waals surface area contributed by atoms with E-state index in [0.29, 0.717) is 17.0 Å². The number of nitrogens with zero attached hydrogens (tertiary/aromatic N) is 2. The predicted molar refractivity (Wildman–Crippen MR) is 94.0 cm³/mol. The van der Waals surface area contributed by atoms with Gasteiger partial charge in [0.1, 0.15) is 11.4 Å². The number of aromatic amines is 1. The minimum atomic E-state index is -0.517.